The van der Waals surface area contributed by atoms with Crippen LogP contribution in [-0.4, -0.2) is 24.1 Å². The molecule has 2 unspecified atom stereocenters. The molecule has 1 fully saturated rings. The van der Waals surface area contributed by atoms with Gasteiger partial charge in [-0.2, -0.15) is 0 Å². The largest absolute Gasteiger partial charge is 0.356 e. The van der Waals surface area contributed by atoms with Gasteiger partial charge in [-0.3, -0.25) is 4.79 Å². The summed E-state index contributed by atoms with van der Waals surface area (Å²) >= 11 is 0. The summed E-state index contributed by atoms with van der Waals surface area (Å²) < 4.78 is 0. The van der Waals surface area contributed by atoms with Gasteiger partial charge in [0.25, 0.3) is 5.56 Å². The molecule has 4 heteroatoms. The number of nitrogens with one attached hydrogen (secondary N) is 1. The van der Waals surface area contributed by atoms with Gasteiger partial charge in [0.2, 0.25) is 0 Å². The Morgan fingerprint density at radius 3 is 2.83 bits per heavy atom. The highest BCUT2D eigenvalue weighted by Gasteiger charge is 2.27. The average molecular weight is 243 g/mol. The second-order valence-corrected chi connectivity index (χ2v) is 5.12. The zero-order chi connectivity index (χ0) is 12.7. The first-order valence-electron chi connectivity index (χ1n) is 6.28. The highest BCUT2D eigenvalue weighted by Crippen LogP contribution is 2.22. The molecule has 3 N–H and O–H groups in total. The number of aromatic nitrogens is 1. The number of benzene rings is 1. The molecule has 0 bridgehead atoms. The summed E-state index contributed by atoms with van der Waals surface area (Å²) in [6.07, 6.45) is 0. The summed E-state index contributed by atoms with van der Waals surface area (Å²) in [5, 5.41) is 1.71. The van der Waals surface area contributed by atoms with E-state index in [1.165, 1.54) is 0 Å². The fraction of sp³-hybridized carbons (Fsp3) is 0.357. The molecule has 1 aromatic carbocycles. The Labute approximate surface area is 105 Å². The molecule has 1 aromatic heterocycles. The van der Waals surface area contributed by atoms with Gasteiger partial charge in [0.15, 0.2) is 0 Å². The molecule has 18 heavy (non-hydrogen) atoms. The molecule has 0 aliphatic carbocycles. The van der Waals surface area contributed by atoms with Crippen molar-refractivity contribution in [3.8, 4) is 0 Å². The zero-order valence-electron chi connectivity index (χ0n) is 10.4. The Morgan fingerprint density at radius 1 is 1.33 bits per heavy atom. The number of hydrogen-bond donors (Lipinski definition) is 2. The van der Waals surface area contributed by atoms with E-state index in [0.717, 1.165) is 29.7 Å². The fourth-order valence-corrected chi connectivity index (χ4v) is 2.56. The van der Waals surface area contributed by atoms with Crippen LogP contribution in [0.15, 0.2) is 35.1 Å². The Balaban J connectivity index is 2.06. The van der Waals surface area contributed by atoms with E-state index in [-0.39, 0.29) is 11.6 Å². The number of nitrogens with zero attached hydrogens (tertiary/aromatic N) is 1. The summed E-state index contributed by atoms with van der Waals surface area (Å²) in [5.74, 6) is 1.33. The lowest BCUT2D eigenvalue weighted by atomic mass is 10.1. The van der Waals surface area contributed by atoms with Crippen molar-refractivity contribution in [3.63, 3.8) is 0 Å². The summed E-state index contributed by atoms with van der Waals surface area (Å²) in [5.41, 5.74) is 5.99. The summed E-state index contributed by atoms with van der Waals surface area (Å²) in [4.78, 5) is 17.1. The number of fused-ring (bicyclic) bond motifs is 1. The minimum absolute atomic E-state index is 0.0313. The zero-order valence-corrected chi connectivity index (χ0v) is 10.4. The standard InChI is InChI=1S/C14H17N3O/c1-9-7-17(8-12(9)15)13-6-10-4-2-3-5-11(10)14(18)16-13/h2-6,9,12H,7-8,15H2,1H3,(H,16,18). The number of rotatable bonds is 1. The summed E-state index contributed by atoms with van der Waals surface area (Å²) in [7, 11) is 0. The van der Waals surface area contributed by atoms with E-state index < -0.39 is 0 Å². The van der Waals surface area contributed by atoms with Crippen LogP contribution in [-0.2, 0) is 0 Å². The predicted octanol–water partition coefficient (Wildman–Crippen LogP) is 1.31. The molecule has 94 valence electrons. The number of pyridine rings is 1. The lowest BCUT2D eigenvalue weighted by Crippen LogP contribution is -2.29. The van der Waals surface area contributed by atoms with Crippen LogP contribution >= 0.6 is 0 Å². The minimum Gasteiger partial charge on any atom is -0.356 e. The van der Waals surface area contributed by atoms with E-state index >= 15 is 0 Å². The molecule has 0 amide bonds. The van der Waals surface area contributed by atoms with Crippen LogP contribution in [0.25, 0.3) is 10.8 Å². The topological polar surface area (TPSA) is 62.1 Å². The van der Waals surface area contributed by atoms with Gasteiger partial charge in [0, 0.05) is 24.5 Å². The minimum atomic E-state index is -0.0313. The predicted molar refractivity (Wildman–Crippen MR) is 73.9 cm³/mol. The highest BCUT2D eigenvalue weighted by molar-refractivity contribution is 5.83. The Bertz CT molecular complexity index is 624. The maximum absolute atomic E-state index is 12.0. The van der Waals surface area contributed by atoms with Crippen molar-refractivity contribution in [1.29, 1.82) is 0 Å². The van der Waals surface area contributed by atoms with Gasteiger partial charge in [-0.25, -0.2) is 0 Å². The SMILES string of the molecule is CC1CN(c2cc3ccccc3c(=O)[nH]2)CC1N. The van der Waals surface area contributed by atoms with Crippen LogP contribution < -0.4 is 16.2 Å². The van der Waals surface area contributed by atoms with Crippen LogP contribution in [0.2, 0.25) is 0 Å². The molecular formula is C14H17N3O. The normalized spacial score (nSPS) is 23.8. The van der Waals surface area contributed by atoms with E-state index in [0.29, 0.717) is 5.92 Å². The van der Waals surface area contributed by atoms with E-state index in [1.807, 2.05) is 30.3 Å². The molecule has 3 rings (SSSR count). The number of hydrogen-bond acceptors (Lipinski definition) is 3. The Kier molecular flexibility index (Phi) is 2.59. The van der Waals surface area contributed by atoms with Crippen molar-refractivity contribution < 1.29 is 0 Å². The number of H-pyrrole nitrogens is 1. The van der Waals surface area contributed by atoms with Crippen LogP contribution in [0.3, 0.4) is 0 Å². The molecule has 1 aliphatic heterocycles. The van der Waals surface area contributed by atoms with Crippen molar-refractivity contribution in [3.05, 3.63) is 40.7 Å². The smallest absolute Gasteiger partial charge is 0.257 e. The molecule has 0 spiro atoms. The molecule has 2 aromatic rings. The second kappa shape index (κ2) is 4.14. The average Bonchev–Trinajstić information content (AvgIpc) is 2.70. The van der Waals surface area contributed by atoms with Crippen molar-refractivity contribution in [2.45, 2.75) is 13.0 Å². The van der Waals surface area contributed by atoms with E-state index in [2.05, 4.69) is 16.8 Å². The molecule has 4 nitrogen and oxygen atoms in total. The molecule has 2 atom stereocenters. The lowest BCUT2D eigenvalue weighted by molar-refractivity contribution is 0.566. The van der Waals surface area contributed by atoms with Crippen LogP contribution in [0, 0.1) is 5.92 Å². The van der Waals surface area contributed by atoms with Crippen molar-refractivity contribution >= 4 is 16.6 Å². The van der Waals surface area contributed by atoms with E-state index in [9.17, 15) is 4.79 Å². The highest BCUT2D eigenvalue weighted by atomic mass is 16.1. The lowest BCUT2D eigenvalue weighted by Gasteiger charge is -2.18. The quantitative estimate of drug-likeness (QED) is 0.794. The van der Waals surface area contributed by atoms with Gasteiger partial charge in [0.1, 0.15) is 5.82 Å². The second-order valence-electron chi connectivity index (χ2n) is 5.12. The number of nitrogens with two attached hydrogens (primary N) is 1. The summed E-state index contributed by atoms with van der Waals surface area (Å²) in [6, 6.07) is 9.85. The van der Waals surface area contributed by atoms with Gasteiger partial charge >= 0.3 is 0 Å². The van der Waals surface area contributed by atoms with Gasteiger partial charge in [-0.15, -0.1) is 0 Å². The molecular weight excluding hydrogens is 226 g/mol. The maximum atomic E-state index is 12.0. The van der Waals surface area contributed by atoms with Crippen molar-refractivity contribution in [2.75, 3.05) is 18.0 Å². The molecule has 0 saturated carbocycles. The maximum Gasteiger partial charge on any atom is 0.257 e. The fourth-order valence-electron chi connectivity index (χ4n) is 2.56. The first kappa shape index (κ1) is 11.3. The third-order valence-corrected chi connectivity index (χ3v) is 3.75. The van der Waals surface area contributed by atoms with E-state index in [4.69, 9.17) is 5.73 Å². The third-order valence-electron chi connectivity index (χ3n) is 3.75. The molecule has 1 saturated heterocycles. The van der Waals surface area contributed by atoms with Gasteiger partial charge in [0.05, 0.1) is 0 Å². The summed E-state index contributed by atoms with van der Waals surface area (Å²) in [6.45, 7) is 3.84. The van der Waals surface area contributed by atoms with Crippen LogP contribution in [0.5, 0.6) is 0 Å². The number of anilines is 1. The van der Waals surface area contributed by atoms with Crippen LogP contribution in [0.4, 0.5) is 5.82 Å². The molecule has 1 aliphatic rings. The molecule has 2 heterocycles. The van der Waals surface area contributed by atoms with Crippen LogP contribution in [0.1, 0.15) is 6.92 Å². The monoisotopic (exact) mass is 243 g/mol. The Morgan fingerprint density at radius 2 is 2.11 bits per heavy atom. The van der Waals surface area contributed by atoms with Crippen molar-refractivity contribution in [2.24, 2.45) is 11.7 Å². The molecule has 0 radical (unpaired) electrons. The first-order chi connectivity index (χ1) is 8.65. The first-order valence-corrected chi connectivity index (χ1v) is 6.28. The van der Waals surface area contributed by atoms with Crippen molar-refractivity contribution in [1.82, 2.24) is 4.98 Å². The van der Waals surface area contributed by atoms with E-state index in [1.54, 1.807) is 0 Å². The third kappa shape index (κ3) is 1.78. The number of aromatic amines is 1. The Hall–Kier alpha value is -1.81. The van der Waals surface area contributed by atoms with Gasteiger partial charge < -0.3 is 15.6 Å². The van der Waals surface area contributed by atoms with Gasteiger partial charge in [-0.05, 0) is 23.4 Å². The van der Waals surface area contributed by atoms with Gasteiger partial charge in [-0.1, -0.05) is 25.1 Å².